The van der Waals surface area contributed by atoms with E-state index in [1.807, 2.05) is 31.2 Å². The minimum Gasteiger partial charge on any atom is -0.497 e. The number of rotatable bonds is 9. The van der Waals surface area contributed by atoms with Gasteiger partial charge in [-0.1, -0.05) is 51.8 Å². The summed E-state index contributed by atoms with van der Waals surface area (Å²) in [5.74, 6) is 0.387. The van der Waals surface area contributed by atoms with Gasteiger partial charge in [-0.3, -0.25) is 9.10 Å². The molecule has 0 unspecified atom stereocenters. The fraction of sp³-hybridized carbons (Fsp3) is 0.208. The van der Waals surface area contributed by atoms with E-state index in [0.29, 0.717) is 18.7 Å². The number of aryl methyl sites for hydroxylation is 1. The van der Waals surface area contributed by atoms with Crippen molar-refractivity contribution in [3.05, 3.63) is 88.4 Å². The van der Waals surface area contributed by atoms with Crippen LogP contribution in [0.15, 0.2) is 82.2 Å². The molecule has 0 atom stereocenters. The second-order valence-corrected chi connectivity index (χ2v) is 10.0. The van der Waals surface area contributed by atoms with Crippen molar-refractivity contribution < 1.29 is 17.9 Å². The normalized spacial score (nSPS) is 11.1. The lowest BCUT2D eigenvalue weighted by molar-refractivity contribution is -0.119. The second-order valence-electron chi connectivity index (χ2n) is 7.25. The van der Waals surface area contributed by atoms with E-state index in [9.17, 15) is 13.2 Å². The van der Waals surface area contributed by atoms with E-state index in [4.69, 9.17) is 4.74 Å². The third-order valence-corrected chi connectivity index (χ3v) is 7.17. The Hall–Kier alpha value is -2.84. The largest absolute Gasteiger partial charge is 0.497 e. The highest BCUT2D eigenvalue weighted by atomic mass is 79.9. The number of benzene rings is 3. The Balaban J connectivity index is 1.74. The van der Waals surface area contributed by atoms with Crippen molar-refractivity contribution in [3.8, 4) is 5.75 Å². The molecule has 0 saturated heterocycles. The van der Waals surface area contributed by atoms with Crippen molar-refractivity contribution in [2.45, 2.75) is 18.2 Å². The Labute approximate surface area is 197 Å². The first-order chi connectivity index (χ1) is 15.3. The third-order valence-electron chi connectivity index (χ3n) is 4.89. The van der Waals surface area contributed by atoms with E-state index in [0.717, 1.165) is 25.7 Å². The monoisotopic (exact) mass is 516 g/mol. The summed E-state index contributed by atoms with van der Waals surface area (Å²) in [6, 6.07) is 21.0. The van der Waals surface area contributed by atoms with Gasteiger partial charge in [-0.05, 0) is 61.4 Å². The summed E-state index contributed by atoms with van der Waals surface area (Å²) in [5, 5.41) is 2.82. The van der Waals surface area contributed by atoms with E-state index in [2.05, 4.69) is 21.2 Å². The molecule has 0 aliphatic rings. The fourth-order valence-electron chi connectivity index (χ4n) is 3.11. The molecule has 1 amide bonds. The van der Waals surface area contributed by atoms with Crippen LogP contribution in [0.4, 0.5) is 5.69 Å². The number of carbonyl (C=O) groups excluding carboxylic acids is 1. The van der Waals surface area contributed by atoms with Crippen LogP contribution in [0.1, 0.15) is 11.1 Å². The van der Waals surface area contributed by atoms with Crippen LogP contribution in [0.25, 0.3) is 0 Å². The molecular formula is C24H25BrN2O4S. The van der Waals surface area contributed by atoms with Crippen molar-refractivity contribution in [2.24, 2.45) is 0 Å². The zero-order valence-corrected chi connectivity index (χ0v) is 20.3. The van der Waals surface area contributed by atoms with Crippen molar-refractivity contribution in [2.75, 3.05) is 24.5 Å². The lowest BCUT2D eigenvalue weighted by Gasteiger charge is -2.24. The number of amides is 1. The number of carbonyl (C=O) groups is 1. The third kappa shape index (κ3) is 6.11. The maximum atomic E-state index is 13.4. The molecule has 3 rings (SSSR count). The van der Waals surface area contributed by atoms with Crippen LogP contribution in [-0.2, 0) is 21.2 Å². The molecule has 0 heterocycles. The lowest BCUT2D eigenvalue weighted by atomic mass is 10.1. The highest BCUT2D eigenvalue weighted by Crippen LogP contribution is 2.26. The Morgan fingerprint density at radius 1 is 1.03 bits per heavy atom. The number of hydrogen-bond donors (Lipinski definition) is 1. The van der Waals surface area contributed by atoms with Crippen LogP contribution in [0.5, 0.6) is 5.75 Å². The first kappa shape index (κ1) is 23.8. The Morgan fingerprint density at radius 3 is 2.34 bits per heavy atom. The maximum Gasteiger partial charge on any atom is 0.264 e. The molecule has 3 aromatic rings. The number of anilines is 1. The standard InChI is InChI=1S/C24H25BrN2O4S/c1-18-6-12-23(13-7-18)32(29,30)27(21-5-3-4-20(25)16-21)17-24(28)26-15-14-19-8-10-22(31-2)11-9-19/h3-13,16H,14-15,17H2,1-2H3,(H,26,28). The molecule has 168 valence electrons. The van der Waals surface area contributed by atoms with Crippen LogP contribution in [0, 0.1) is 6.92 Å². The lowest BCUT2D eigenvalue weighted by Crippen LogP contribution is -2.41. The average Bonchev–Trinajstić information content (AvgIpc) is 2.78. The summed E-state index contributed by atoms with van der Waals surface area (Å²) >= 11 is 3.38. The molecular weight excluding hydrogens is 492 g/mol. The van der Waals surface area contributed by atoms with Crippen molar-refractivity contribution in [1.82, 2.24) is 5.32 Å². The van der Waals surface area contributed by atoms with Gasteiger partial charge in [-0.15, -0.1) is 0 Å². The summed E-state index contributed by atoms with van der Waals surface area (Å²) in [4.78, 5) is 12.8. The maximum absolute atomic E-state index is 13.4. The predicted molar refractivity (Wildman–Crippen MR) is 130 cm³/mol. The molecule has 32 heavy (non-hydrogen) atoms. The van der Waals surface area contributed by atoms with Gasteiger partial charge in [-0.25, -0.2) is 8.42 Å². The fourth-order valence-corrected chi connectivity index (χ4v) is 4.91. The van der Waals surface area contributed by atoms with Crippen LogP contribution in [0.3, 0.4) is 0 Å². The van der Waals surface area contributed by atoms with Crippen LogP contribution >= 0.6 is 15.9 Å². The summed E-state index contributed by atoms with van der Waals surface area (Å²) in [6.45, 7) is 1.95. The molecule has 0 fully saturated rings. The van der Waals surface area contributed by atoms with Crippen LogP contribution in [-0.4, -0.2) is 34.5 Å². The van der Waals surface area contributed by atoms with Gasteiger partial charge in [0, 0.05) is 11.0 Å². The number of methoxy groups -OCH3 is 1. The number of sulfonamides is 1. The zero-order chi connectivity index (χ0) is 23.1. The Kier molecular flexibility index (Phi) is 7.93. The molecule has 0 bridgehead atoms. The Bertz CT molecular complexity index is 1160. The molecule has 0 radical (unpaired) electrons. The molecule has 0 saturated carbocycles. The topological polar surface area (TPSA) is 75.7 Å². The number of nitrogens with one attached hydrogen (secondary N) is 1. The van der Waals surface area contributed by atoms with E-state index in [1.165, 1.54) is 0 Å². The summed E-state index contributed by atoms with van der Waals surface area (Å²) < 4.78 is 33.7. The minimum absolute atomic E-state index is 0.133. The van der Waals surface area contributed by atoms with Gasteiger partial charge < -0.3 is 10.1 Å². The predicted octanol–water partition coefficient (Wildman–Crippen LogP) is 4.32. The molecule has 3 aromatic carbocycles. The molecule has 0 aliphatic heterocycles. The average molecular weight is 517 g/mol. The molecule has 0 spiro atoms. The van der Waals surface area contributed by atoms with Crippen molar-refractivity contribution in [3.63, 3.8) is 0 Å². The highest BCUT2D eigenvalue weighted by Gasteiger charge is 2.27. The van der Waals surface area contributed by atoms with Gasteiger partial charge in [0.15, 0.2) is 0 Å². The van der Waals surface area contributed by atoms with E-state index in [1.54, 1.807) is 55.6 Å². The molecule has 0 aromatic heterocycles. The summed E-state index contributed by atoms with van der Waals surface area (Å²) in [6.07, 6.45) is 0.622. The zero-order valence-electron chi connectivity index (χ0n) is 17.9. The molecule has 8 heteroatoms. The SMILES string of the molecule is COc1ccc(CCNC(=O)CN(c2cccc(Br)c2)S(=O)(=O)c2ccc(C)cc2)cc1. The number of halogens is 1. The van der Waals surface area contributed by atoms with E-state index in [-0.39, 0.29) is 17.3 Å². The van der Waals surface area contributed by atoms with E-state index < -0.39 is 10.0 Å². The second kappa shape index (κ2) is 10.7. The molecule has 1 N–H and O–H groups in total. The number of hydrogen-bond acceptors (Lipinski definition) is 4. The first-order valence-electron chi connectivity index (χ1n) is 10.0. The number of nitrogens with zero attached hydrogens (tertiary/aromatic N) is 1. The minimum atomic E-state index is -3.93. The van der Waals surface area contributed by atoms with Crippen molar-refractivity contribution >= 4 is 37.5 Å². The molecule has 0 aliphatic carbocycles. The van der Waals surface area contributed by atoms with Crippen LogP contribution in [0.2, 0.25) is 0 Å². The van der Waals surface area contributed by atoms with E-state index >= 15 is 0 Å². The van der Waals surface area contributed by atoms with Gasteiger partial charge in [0.05, 0.1) is 17.7 Å². The van der Waals surface area contributed by atoms with Gasteiger partial charge in [0.1, 0.15) is 12.3 Å². The van der Waals surface area contributed by atoms with Gasteiger partial charge in [0.2, 0.25) is 5.91 Å². The smallest absolute Gasteiger partial charge is 0.264 e. The first-order valence-corrected chi connectivity index (χ1v) is 12.3. The molecule has 6 nitrogen and oxygen atoms in total. The summed E-state index contributed by atoms with van der Waals surface area (Å²) in [5.41, 5.74) is 2.40. The van der Waals surface area contributed by atoms with Gasteiger partial charge in [-0.2, -0.15) is 0 Å². The Morgan fingerprint density at radius 2 is 1.72 bits per heavy atom. The highest BCUT2D eigenvalue weighted by molar-refractivity contribution is 9.10. The van der Waals surface area contributed by atoms with Crippen molar-refractivity contribution in [1.29, 1.82) is 0 Å². The quantitative estimate of drug-likeness (QED) is 0.459. The number of ether oxygens (including phenoxy) is 1. The van der Waals surface area contributed by atoms with Crippen LogP contribution < -0.4 is 14.4 Å². The van der Waals surface area contributed by atoms with Gasteiger partial charge >= 0.3 is 0 Å². The summed E-state index contributed by atoms with van der Waals surface area (Å²) in [7, 11) is -2.32. The van der Waals surface area contributed by atoms with Gasteiger partial charge in [0.25, 0.3) is 10.0 Å².